The highest BCUT2D eigenvalue weighted by atomic mass is 32.2. The van der Waals surface area contributed by atoms with Crippen molar-refractivity contribution in [3.05, 3.63) is 66.2 Å². The minimum Gasteiger partial charge on any atom is -0.388 e. The molecule has 0 saturated carbocycles. The van der Waals surface area contributed by atoms with Gasteiger partial charge in [-0.25, -0.2) is 4.89 Å². The van der Waals surface area contributed by atoms with Crippen molar-refractivity contribution in [1.29, 1.82) is 0 Å². The number of methoxy groups -OCH3 is 1. The van der Waals surface area contributed by atoms with E-state index in [0.717, 1.165) is 5.56 Å². The SMILES string of the molecule is CC(C)(C)C(OOS(=O)(=O)c1ccccc1)c1ccccc1.COC. The van der Waals surface area contributed by atoms with E-state index in [0.29, 0.717) is 0 Å². The monoisotopic (exact) mass is 366 g/mol. The van der Waals surface area contributed by atoms with Crippen LogP contribution >= 0.6 is 0 Å². The van der Waals surface area contributed by atoms with Crippen LogP contribution in [0.4, 0.5) is 0 Å². The van der Waals surface area contributed by atoms with Gasteiger partial charge in [0.05, 0.1) is 4.90 Å². The van der Waals surface area contributed by atoms with Crippen LogP contribution in [0.5, 0.6) is 0 Å². The van der Waals surface area contributed by atoms with Gasteiger partial charge in [0.2, 0.25) is 0 Å². The van der Waals surface area contributed by atoms with Crippen molar-refractivity contribution in [2.24, 2.45) is 5.41 Å². The lowest BCUT2D eigenvalue weighted by Crippen LogP contribution is -2.23. The molecule has 0 spiro atoms. The molecule has 0 heterocycles. The van der Waals surface area contributed by atoms with Crippen LogP contribution in [-0.2, 0) is 24.1 Å². The third kappa shape index (κ3) is 6.96. The predicted molar refractivity (Wildman–Crippen MR) is 97.4 cm³/mol. The average Bonchev–Trinajstić information content (AvgIpc) is 2.56. The maximum Gasteiger partial charge on any atom is 0.323 e. The molecule has 0 N–H and O–H groups in total. The van der Waals surface area contributed by atoms with Gasteiger partial charge in [0.1, 0.15) is 6.10 Å². The molecule has 0 amide bonds. The zero-order valence-electron chi connectivity index (χ0n) is 15.3. The predicted octanol–water partition coefficient (Wildman–Crippen LogP) is 4.37. The second kappa shape index (κ2) is 9.68. The van der Waals surface area contributed by atoms with E-state index < -0.39 is 16.2 Å². The maximum absolute atomic E-state index is 12.1. The molecule has 2 rings (SSSR count). The van der Waals surface area contributed by atoms with Crippen molar-refractivity contribution in [2.75, 3.05) is 14.2 Å². The molecule has 0 aliphatic rings. The number of rotatable bonds is 5. The van der Waals surface area contributed by atoms with Crippen LogP contribution in [0.1, 0.15) is 32.4 Å². The maximum atomic E-state index is 12.1. The van der Waals surface area contributed by atoms with Gasteiger partial charge < -0.3 is 4.74 Å². The van der Waals surface area contributed by atoms with Crippen molar-refractivity contribution < 1.29 is 22.4 Å². The Hall–Kier alpha value is -1.73. The Bertz CT molecular complexity index is 706. The minimum absolute atomic E-state index is 0.0655. The van der Waals surface area contributed by atoms with Gasteiger partial charge in [-0.2, -0.15) is 8.42 Å². The molecule has 25 heavy (non-hydrogen) atoms. The van der Waals surface area contributed by atoms with Crippen LogP contribution in [0, 0.1) is 5.41 Å². The molecule has 0 aliphatic heterocycles. The molecular weight excluding hydrogens is 340 g/mol. The van der Waals surface area contributed by atoms with Gasteiger partial charge in [0.15, 0.2) is 0 Å². The number of hydrogen-bond donors (Lipinski definition) is 0. The van der Waals surface area contributed by atoms with E-state index in [9.17, 15) is 8.42 Å². The van der Waals surface area contributed by atoms with Crippen molar-refractivity contribution >= 4 is 10.1 Å². The highest BCUT2D eigenvalue weighted by molar-refractivity contribution is 7.86. The zero-order valence-corrected chi connectivity index (χ0v) is 16.1. The lowest BCUT2D eigenvalue weighted by molar-refractivity contribution is -0.268. The zero-order chi connectivity index (χ0) is 18.9. The average molecular weight is 366 g/mol. The first-order chi connectivity index (χ1) is 11.7. The standard InChI is InChI=1S/C17H20O4S.C2H6O/c1-17(2,3)16(14-10-6-4-7-11-14)20-21-22(18,19)15-12-8-5-9-13-15;1-3-2/h4-13,16H,1-3H3;1-2H3. The summed E-state index contributed by atoms with van der Waals surface area (Å²) in [6.07, 6.45) is -0.507. The van der Waals surface area contributed by atoms with E-state index in [-0.39, 0.29) is 10.3 Å². The van der Waals surface area contributed by atoms with Crippen LogP contribution < -0.4 is 0 Å². The van der Waals surface area contributed by atoms with Crippen molar-refractivity contribution in [2.45, 2.75) is 31.8 Å². The van der Waals surface area contributed by atoms with E-state index in [2.05, 4.69) is 4.74 Å². The van der Waals surface area contributed by atoms with Crippen LogP contribution in [0.15, 0.2) is 65.6 Å². The quantitative estimate of drug-likeness (QED) is 0.581. The van der Waals surface area contributed by atoms with Gasteiger partial charge in [0.25, 0.3) is 0 Å². The molecule has 2 aromatic rings. The molecular formula is C19H26O5S. The van der Waals surface area contributed by atoms with Gasteiger partial charge in [0, 0.05) is 14.2 Å². The molecule has 0 fully saturated rings. The number of ether oxygens (including phenoxy) is 1. The van der Waals surface area contributed by atoms with E-state index in [1.807, 2.05) is 51.1 Å². The second-order valence-corrected chi connectivity index (χ2v) is 8.01. The van der Waals surface area contributed by atoms with E-state index in [1.54, 1.807) is 32.4 Å². The molecule has 0 saturated heterocycles. The smallest absolute Gasteiger partial charge is 0.323 e. The fourth-order valence-corrected chi connectivity index (χ4v) is 2.80. The van der Waals surface area contributed by atoms with Crippen LogP contribution in [0.3, 0.4) is 0 Å². The summed E-state index contributed by atoms with van der Waals surface area (Å²) in [5, 5.41) is 0. The Morgan fingerprint density at radius 2 is 1.28 bits per heavy atom. The Labute approximate surface area is 150 Å². The Morgan fingerprint density at radius 1 is 0.840 bits per heavy atom. The van der Waals surface area contributed by atoms with Crippen molar-refractivity contribution in [3.8, 4) is 0 Å². The number of hydrogen-bond acceptors (Lipinski definition) is 5. The third-order valence-corrected chi connectivity index (χ3v) is 4.25. The summed E-state index contributed by atoms with van der Waals surface area (Å²) < 4.78 is 33.4. The van der Waals surface area contributed by atoms with Gasteiger partial charge in [-0.3, -0.25) is 0 Å². The molecule has 0 aliphatic carbocycles. The summed E-state index contributed by atoms with van der Waals surface area (Å²) in [6, 6.07) is 17.4. The van der Waals surface area contributed by atoms with Gasteiger partial charge in [-0.05, 0) is 23.1 Å². The van der Waals surface area contributed by atoms with Gasteiger partial charge in [-0.15, -0.1) is 4.33 Å². The highest BCUT2D eigenvalue weighted by Crippen LogP contribution is 2.36. The molecule has 138 valence electrons. The normalized spacial score (nSPS) is 12.8. The summed E-state index contributed by atoms with van der Waals surface area (Å²) in [6.45, 7) is 5.88. The summed E-state index contributed by atoms with van der Waals surface area (Å²) in [7, 11) is -0.696. The second-order valence-electron chi connectivity index (χ2n) is 6.50. The van der Waals surface area contributed by atoms with E-state index >= 15 is 0 Å². The minimum atomic E-state index is -3.95. The molecule has 0 aromatic heterocycles. The summed E-state index contributed by atoms with van der Waals surface area (Å²) in [5.41, 5.74) is 0.534. The van der Waals surface area contributed by atoms with Gasteiger partial charge in [-0.1, -0.05) is 69.3 Å². The van der Waals surface area contributed by atoms with Gasteiger partial charge >= 0.3 is 10.1 Å². The van der Waals surface area contributed by atoms with Crippen LogP contribution in [-0.4, -0.2) is 22.6 Å². The Morgan fingerprint density at radius 3 is 1.72 bits per heavy atom. The largest absolute Gasteiger partial charge is 0.388 e. The molecule has 0 radical (unpaired) electrons. The van der Waals surface area contributed by atoms with Crippen LogP contribution in [0.25, 0.3) is 0 Å². The topological polar surface area (TPSA) is 61.8 Å². The summed E-state index contributed by atoms with van der Waals surface area (Å²) in [5.74, 6) is 0. The van der Waals surface area contributed by atoms with Crippen LogP contribution in [0.2, 0.25) is 0 Å². The fraction of sp³-hybridized carbons (Fsp3) is 0.368. The number of benzene rings is 2. The van der Waals surface area contributed by atoms with E-state index in [1.165, 1.54) is 12.1 Å². The molecule has 5 nitrogen and oxygen atoms in total. The lowest BCUT2D eigenvalue weighted by atomic mass is 9.85. The van der Waals surface area contributed by atoms with Crippen molar-refractivity contribution in [3.63, 3.8) is 0 Å². The first kappa shape index (κ1) is 21.3. The first-order valence-corrected chi connectivity index (χ1v) is 9.23. The molecule has 1 unspecified atom stereocenters. The highest BCUT2D eigenvalue weighted by Gasteiger charge is 2.30. The Balaban J connectivity index is 0.000000970. The summed E-state index contributed by atoms with van der Waals surface area (Å²) in [4.78, 5) is 5.39. The molecule has 6 heteroatoms. The van der Waals surface area contributed by atoms with Crippen molar-refractivity contribution in [1.82, 2.24) is 0 Å². The molecule has 0 bridgehead atoms. The van der Waals surface area contributed by atoms with E-state index in [4.69, 9.17) is 9.22 Å². The third-order valence-electron chi connectivity index (χ3n) is 3.15. The fourth-order valence-electron chi connectivity index (χ4n) is 2.05. The Kier molecular flexibility index (Phi) is 8.25. The first-order valence-electron chi connectivity index (χ1n) is 7.82. The lowest BCUT2D eigenvalue weighted by Gasteiger charge is -2.29. The summed E-state index contributed by atoms with van der Waals surface area (Å²) >= 11 is 0. The molecule has 2 aromatic carbocycles. The molecule has 1 atom stereocenters.